The molecule has 1 aromatic carbocycles. The Morgan fingerprint density at radius 2 is 1.95 bits per heavy atom. The molecular weight excluding hydrogens is 254 g/mol. The van der Waals surface area contributed by atoms with Crippen LogP contribution in [0.2, 0.25) is 0 Å². The highest BCUT2D eigenvalue weighted by molar-refractivity contribution is 5.68. The van der Waals surface area contributed by atoms with Gasteiger partial charge in [-0.15, -0.1) is 0 Å². The minimum atomic E-state index is -0.476. The maximum Gasteiger partial charge on any atom is 0.309 e. The molecule has 0 amide bonds. The molecule has 1 N–H and O–H groups in total. The summed E-state index contributed by atoms with van der Waals surface area (Å²) < 4.78 is 0. The van der Waals surface area contributed by atoms with E-state index in [1.165, 1.54) is 12.5 Å². The highest BCUT2D eigenvalue weighted by atomic mass is 16.6. The Balaban J connectivity index is 2.25. The summed E-state index contributed by atoms with van der Waals surface area (Å²) >= 11 is 0. The van der Waals surface area contributed by atoms with Crippen molar-refractivity contribution in [2.45, 2.75) is 39.2 Å². The lowest BCUT2D eigenvalue weighted by Crippen LogP contribution is -2.30. The van der Waals surface area contributed by atoms with E-state index in [0.29, 0.717) is 17.5 Å². The van der Waals surface area contributed by atoms with Gasteiger partial charge in [-0.3, -0.25) is 10.1 Å². The molecule has 1 fully saturated rings. The molecule has 0 saturated heterocycles. The van der Waals surface area contributed by atoms with E-state index in [4.69, 9.17) is 5.26 Å². The van der Waals surface area contributed by atoms with Gasteiger partial charge in [0.25, 0.3) is 0 Å². The zero-order chi connectivity index (χ0) is 14.7. The Morgan fingerprint density at radius 1 is 1.30 bits per heavy atom. The maximum absolute atomic E-state index is 11.2. The molecule has 5 heteroatoms. The molecule has 0 radical (unpaired) electrons. The van der Waals surface area contributed by atoms with Gasteiger partial charge in [0.15, 0.2) is 0 Å². The molecule has 1 saturated carbocycles. The van der Waals surface area contributed by atoms with E-state index in [-0.39, 0.29) is 17.3 Å². The van der Waals surface area contributed by atoms with E-state index in [9.17, 15) is 10.1 Å². The summed E-state index contributed by atoms with van der Waals surface area (Å²) in [4.78, 5) is 10.7. The standard InChI is InChI=1S/C15H19N3O2/c1-10-6-11(2)8-13(7-10)17-14-5-3-4-12(9-16)15(14)18(19)20/h3-5,10-11,13,17H,6-8H2,1-2H3. The molecule has 2 atom stereocenters. The molecule has 1 aliphatic carbocycles. The number of benzene rings is 1. The van der Waals surface area contributed by atoms with Crippen molar-refractivity contribution in [3.05, 3.63) is 33.9 Å². The first kappa shape index (κ1) is 14.3. The van der Waals surface area contributed by atoms with Crippen molar-refractivity contribution in [2.24, 2.45) is 11.8 Å². The Bertz CT molecular complexity index is 541. The van der Waals surface area contributed by atoms with Crippen LogP contribution >= 0.6 is 0 Å². The Labute approximate surface area is 118 Å². The molecule has 20 heavy (non-hydrogen) atoms. The molecule has 1 aliphatic rings. The van der Waals surface area contributed by atoms with Gasteiger partial charge in [0.1, 0.15) is 17.3 Å². The van der Waals surface area contributed by atoms with Crippen molar-refractivity contribution in [2.75, 3.05) is 5.32 Å². The fourth-order valence-corrected chi connectivity index (χ4v) is 3.23. The number of para-hydroxylation sites is 1. The van der Waals surface area contributed by atoms with Gasteiger partial charge in [0.05, 0.1) is 4.92 Å². The second-order valence-corrected chi connectivity index (χ2v) is 5.83. The summed E-state index contributed by atoms with van der Waals surface area (Å²) in [5.74, 6) is 1.24. The van der Waals surface area contributed by atoms with Crippen molar-refractivity contribution in [1.29, 1.82) is 5.26 Å². The second kappa shape index (κ2) is 5.91. The molecule has 0 heterocycles. The predicted octanol–water partition coefficient (Wildman–Crippen LogP) is 3.70. The van der Waals surface area contributed by atoms with Gasteiger partial charge in [0.2, 0.25) is 0 Å². The number of hydrogen-bond donors (Lipinski definition) is 1. The molecule has 2 unspecified atom stereocenters. The van der Waals surface area contributed by atoms with Crippen LogP contribution in [0, 0.1) is 33.3 Å². The average Bonchev–Trinajstić information content (AvgIpc) is 2.36. The van der Waals surface area contributed by atoms with E-state index in [0.717, 1.165) is 12.8 Å². The van der Waals surface area contributed by atoms with Crippen LogP contribution in [0.25, 0.3) is 0 Å². The summed E-state index contributed by atoms with van der Waals surface area (Å²) in [6.07, 6.45) is 3.23. The van der Waals surface area contributed by atoms with Crippen molar-refractivity contribution in [1.82, 2.24) is 0 Å². The van der Waals surface area contributed by atoms with Crippen LogP contribution in [0.1, 0.15) is 38.7 Å². The van der Waals surface area contributed by atoms with Crippen molar-refractivity contribution in [3.8, 4) is 6.07 Å². The molecule has 0 aromatic heterocycles. The number of nitrogens with one attached hydrogen (secondary N) is 1. The molecular formula is C15H19N3O2. The molecule has 1 aromatic rings. The van der Waals surface area contributed by atoms with Crippen molar-refractivity contribution >= 4 is 11.4 Å². The van der Waals surface area contributed by atoms with Crippen LogP contribution in [0.5, 0.6) is 0 Å². The largest absolute Gasteiger partial charge is 0.377 e. The third kappa shape index (κ3) is 3.08. The minimum Gasteiger partial charge on any atom is -0.377 e. The zero-order valence-corrected chi connectivity index (χ0v) is 11.8. The summed E-state index contributed by atoms with van der Waals surface area (Å²) in [6, 6.07) is 6.98. The van der Waals surface area contributed by atoms with Gasteiger partial charge in [-0.1, -0.05) is 19.9 Å². The SMILES string of the molecule is CC1CC(C)CC(Nc2cccc(C#N)c2[N+](=O)[O-])C1. The molecule has 0 bridgehead atoms. The minimum absolute atomic E-state index is 0.108. The Kier molecular flexibility index (Phi) is 4.23. The third-order valence-corrected chi connectivity index (χ3v) is 3.88. The smallest absolute Gasteiger partial charge is 0.309 e. The molecule has 106 valence electrons. The summed E-state index contributed by atoms with van der Waals surface area (Å²) in [5, 5.41) is 23.5. The zero-order valence-electron chi connectivity index (χ0n) is 11.8. The third-order valence-electron chi connectivity index (χ3n) is 3.88. The number of nitro groups is 1. The summed E-state index contributed by atoms with van der Waals surface area (Å²) in [7, 11) is 0. The number of nitro benzene ring substituents is 1. The Morgan fingerprint density at radius 3 is 2.50 bits per heavy atom. The van der Waals surface area contributed by atoms with Crippen LogP contribution in [-0.4, -0.2) is 11.0 Å². The first-order chi connectivity index (χ1) is 9.51. The number of hydrogen-bond acceptors (Lipinski definition) is 4. The van der Waals surface area contributed by atoms with Crippen molar-refractivity contribution < 1.29 is 4.92 Å². The first-order valence-electron chi connectivity index (χ1n) is 6.95. The number of nitriles is 1. The molecule has 0 aliphatic heterocycles. The van der Waals surface area contributed by atoms with E-state index in [2.05, 4.69) is 19.2 Å². The van der Waals surface area contributed by atoms with Crippen LogP contribution in [0.4, 0.5) is 11.4 Å². The van der Waals surface area contributed by atoms with Gasteiger partial charge in [-0.25, -0.2) is 0 Å². The first-order valence-corrected chi connectivity index (χ1v) is 6.95. The van der Waals surface area contributed by atoms with E-state index in [1.54, 1.807) is 12.1 Å². The van der Waals surface area contributed by atoms with Gasteiger partial charge in [-0.2, -0.15) is 5.26 Å². The topological polar surface area (TPSA) is 79.0 Å². The Hall–Kier alpha value is -2.09. The number of nitrogens with zero attached hydrogens (tertiary/aromatic N) is 2. The van der Waals surface area contributed by atoms with E-state index in [1.807, 2.05) is 6.07 Å². The predicted molar refractivity (Wildman–Crippen MR) is 77.4 cm³/mol. The average molecular weight is 273 g/mol. The normalized spacial score (nSPS) is 25.8. The summed E-state index contributed by atoms with van der Waals surface area (Å²) in [5.41, 5.74) is 0.457. The molecule has 2 rings (SSSR count). The lowest BCUT2D eigenvalue weighted by molar-refractivity contribution is -0.384. The van der Waals surface area contributed by atoms with Crippen LogP contribution in [-0.2, 0) is 0 Å². The molecule has 5 nitrogen and oxygen atoms in total. The fraction of sp³-hybridized carbons (Fsp3) is 0.533. The number of rotatable bonds is 3. The van der Waals surface area contributed by atoms with Crippen LogP contribution in [0.15, 0.2) is 18.2 Å². The monoisotopic (exact) mass is 273 g/mol. The highest BCUT2D eigenvalue weighted by Crippen LogP contribution is 2.34. The van der Waals surface area contributed by atoms with Crippen LogP contribution < -0.4 is 5.32 Å². The quantitative estimate of drug-likeness (QED) is 0.672. The summed E-state index contributed by atoms with van der Waals surface area (Å²) in [6.45, 7) is 4.43. The maximum atomic E-state index is 11.2. The van der Waals surface area contributed by atoms with E-state index >= 15 is 0 Å². The van der Waals surface area contributed by atoms with Crippen LogP contribution in [0.3, 0.4) is 0 Å². The highest BCUT2D eigenvalue weighted by Gasteiger charge is 2.27. The lowest BCUT2D eigenvalue weighted by Gasteiger charge is -2.32. The molecule has 0 spiro atoms. The van der Waals surface area contributed by atoms with Gasteiger partial charge < -0.3 is 5.32 Å². The lowest BCUT2D eigenvalue weighted by atomic mass is 9.80. The van der Waals surface area contributed by atoms with Gasteiger partial charge in [-0.05, 0) is 43.2 Å². The van der Waals surface area contributed by atoms with Gasteiger partial charge in [0, 0.05) is 6.04 Å². The van der Waals surface area contributed by atoms with Gasteiger partial charge >= 0.3 is 5.69 Å². The van der Waals surface area contributed by atoms with Crippen molar-refractivity contribution in [3.63, 3.8) is 0 Å². The fourth-order valence-electron chi connectivity index (χ4n) is 3.23. The second-order valence-electron chi connectivity index (χ2n) is 5.83. The van der Waals surface area contributed by atoms with E-state index < -0.39 is 4.92 Å². The number of anilines is 1.